The lowest BCUT2D eigenvalue weighted by Crippen LogP contribution is -2.49. The highest BCUT2D eigenvalue weighted by Gasteiger charge is 2.33. The highest BCUT2D eigenvalue weighted by molar-refractivity contribution is 5.70. The average Bonchev–Trinajstić information content (AvgIpc) is 2.47. The Kier molecular flexibility index (Phi) is 5.17. The van der Waals surface area contributed by atoms with E-state index in [4.69, 9.17) is 9.47 Å². The van der Waals surface area contributed by atoms with Gasteiger partial charge in [-0.25, -0.2) is 4.79 Å². The number of benzene rings is 1. The van der Waals surface area contributed by atoms with Crippen LogP contribution in [0.2, 0.25) is 0 Å². The molecule has 2 atom stereocenters. The number of ether oxygens (including phenoxy) is 2. The number of carbonyl (C=O) groups excluding carboxylic acids is 1. The van der Waals surface area contributed by atoms with Crippen LogP contribution in [0, 0.1) is 10.1 Å². The molecular weight excluding hydrogens is 304 g/mol. The van der Waals surface area contributed by atoms with Crippen molar-refractivity contribution in [1.29, 1.82) is 0 Å². The summed E-state index contributed by atoms with van der Waals surface area (Å²) in [5.41, 5.74) is -0.986. The Labute approximate surface area is 133 Å². The van der Waals surface area contributed by atoms with Gasteiger partial charge in [0.15, 0.2) is 0 Å². The largest absolute Gasteiger partial charge is 0.412 e. The summed E-state index contributed by atoms with van der Waals surface area (Å²) in [6.07, 6.45) is 0.399. The zero-order valence-electron chi connectivity index (χ0n) is 13.0. The van der Waals surface area contributed by atoms with Crippen molar-refractivity contribution in [2.45, 2.75) is 44.4 Å². The Bertz CT molecular complexity index is 558. The number of hydrogen-bond acceptors (Lipinski definition) is 6. The van der Waals surface area contributed by atoms with E-state index >= 15 is 0 Å². The summed E-state index contributed by atoms with van der Waals surface area (Å²) in [5.74, 6) is 0.221. The van der Waals surface area contributed by atoms with E-state index in [1.54, 1.807) is 13.8 Å². The second kappa shape index (κ2) is 6.93. The molecular formula is C15H20N2O6. The molecule has 8 nitrogen and oxygen atoms in total. The van der Waals surface area contributed by atoms with Crippen LogP contribution < -0.4 is 10.1 Å². The molecule has 1 fully saturated rings. The summed E-state index contributed by atoms with van der Waals surface area (Å²) in [7, 11) is 0. The first-order chi connectivity index (χ1) is 10.8. The fourth-order valence-corrected chi connectivity index (χ4v) is 2.36. The van der Waals surface area contributed by atoms with Crippen LogP contribution in [0.1, 0.15) is 26.7 Å². The first-order valence-electron chi connectivity index (χ1n) is 7.32. The van der Waals surface area contributed by atoms with Gasteiger partial charge in [-0.1, -0.05) is 0 Å². The molecule has 1 aromatic rings. The standard InChI is InChI=1S/C15H20N2O6/c1-15(2,19)13-8-3-10(9-22-13)16-14(18)23-12-6-4-11(5-7-12)17(20)21/h4-7,10,13,19H,3,8-9H2,1-2H3,(H,16,18)/t10-,13+/m1/s1. The molecule has 1 heterocycles. The van der Waals surface area contributed by atoms with E-state index < -0.39 is 16.6 Å². The Balaban J connectivity index is 1.80. The number of nitro groups is 1. The molecule has 0 aromatic heterocycles. The third-order valence-electron chi connectivity index (χ3n) is 3.64. The number of non-ortho nitro benzene ring substituents is 1. The van der Waals surface area contributed by atoms with Crippen LogP contribution in [-0.4, -0.2) is 40.5 Å². The molecule has 126 valence electrons. The second-order valence-electron chi connectivity index (χ2n) is 6.03. The van der Waals surface area contributed by atoms with Gasteiger partial charge >= 0.3 is 6.09 Å². The fraction of sp³-hybridized carbons (Fsp3) is 0.533. The minimum atomic E-state index is -0.912. The number of rotatable bonds is 4. The number of aliphatic hydroxyl groups is 1. The minimum absolute atomic E-state index is 0.0731. The van der Waals surface area contributed by atoms with E-state index in [-0.39, 0.29) is 23.6 Å². The van der Waals surface area contributed by atoms with E-state index in [2.05, 4.69) is 5.32 Å². The Morgan fingerprint density at radius 1 is 1.39 bits per heavy atom. The number of nitrogens with one attached hydrogen (secondary N) is 1. The second-order valence-corrected chi connectivity index (χ2v) is 6.03. The van der Waals surface area contributed by atoms with Crippen molar-refractivity contribution >= 4 is 11.8 Å². The zero-order valence-corrected chi connectivity index (χ0v) is 13.0. The first-order valence-corrected chi connectivity index (χ1v) is 7.32. The third-order valence-corrected chi connectivity index (χ3v) is 3.64. The summed E-state index contributed by atoms with van der Waals surface area (Å²) < 4.78 is 10.6. The van der Waals surface area contributed by atoms with Crippen molar-refractivity contribution in [3.05, 3.63) is 34.4 Å². The van der Waals surface area contributed by atoms with Gasteiger partial charge in [0.25, 0.3) is 5.69 Å². The molecule has 1 aromatic carbocycles. The van der Waals surface area contributed by atoms with Crippen molar-refractivity contribution in [3.8, 4) is 5.75 Å². The van der Waals surface area contributed by atoms with Crippen LogP contribution >= 0.6 is 0 Å². The molecule has 0 bridgehead atoms. The Morgan fingerprint density at radius 2 is 2.04 bits per heavy atom. The molecule has 1 aliphatic rings. The topological polar surface area (TPSA) is 111 Å². The lowest BCUT2D eigenvalue weighted by Gasteiger charge is -2.35. The number of carbonyl (C=O) groups is 1. The van der Waals surface area contributed by atoms with Gasteiger partial charge in [0.1, 0.15) is 5.75 Å². The van der Waals surface area contributed by atoms with Crippen molar-refractivity contribution < 1.29 is 24.3 Å². The SMILES string of the molecule is CC(C)(O)[C@@H]1CC[C@@H](NC(=O)Oc2ccc([N+](=O)[O-])cc2)CO1. The van der Waals surface area contributed by atoms with Gasteiger partial charge < -0.3 is 19.9 Å². The molecule has 2 rings (SSSR count). The maximum Gasteiger partial charge on any atom is 0.412 e. The van der Waals surface area contributed by atoms with Crippen LogP contribution in [0.4, 0.5) is 10.5 Å². The molecule has 0 spiro atoms. The molecule has 0 radical (unpaired) electrons. The molecule has 8 heteroatoms. The van der Waals surface area contributed by atoms with Crippen molar-refractivity contribution in [1.82, 2.24) is 5.32 Å². The highest BCUT2D eigenvalue weighted by Crippen LogP contribution is 2.23. The maximum absolute atomic E-state index is 11.8. The smallest absolute Gasteiger partial charge is 0.410 e. The Hall–Kier alpha value is -2.19. The van der Waals surface area contributed by atoms with E-state index in [1.807, 2.05) is 0 Å². The maximum atomic E-state index is 11.8. The summed E-state index contributed by atoms with van der Waals surface area (Å²) in [6.45, 7) is 3.67. The molecule has 1 aliphatic heterocycles. The molecule has 0 aliphatic carbocycles. The number of amides is 1. The van der Waals surface area contributed by atoms with Crippen LogP contribution in [-0.2, 0) is 4.74 Å². The first kappa shape index (κ1) is 17.2. The van der Waals surface area contributed by atoms with Crippen molar-refractivity contribution in [2.24, 2.45) is 0 Å². The molecule has 1 amide bonds. The van der Waals surface area contributed by atoms with E-state index in [1.165, 1.54) is 24.3 Å². The van der Waals surface area contributed by atoms with Crippen LogP contribution in [0.3, 0.4) is 0 Å². The number of nitro benzene ring substituents is 1. The van der Waals surface area contributed by atoms with E-state index in [0.29, 0.717) is 19.4 Å². The van der Waals surface area contributed by atoms with Gasteiger partial charge in [0, 0.05) is 12.1 Å². The van der Waals surface area contributed by atoms with Crippen molar-refractivity contribution in [2.75, 3.05) is 6.61 Å². The summed E-state index contributed by atoms with van der Waals surface area (Å²) in [6, 6.07) is 5.05. The third kappa shape index (κ3) is 4.90. The van der Waals surface area contributed by atoms with Gasteiger partial charge in [-0.15, -0.1) is 0 Å². The molecule has 23 heavy (non-hydrogen) atoms. The quantitative estimate of drug-likeness (QED) is 0.647. The van der Waals surface area contributed by atoms with Gasteiger partial charge in [-0.2, -0.15) is 0 Å². The monoisotopic (exact) mass is 324 g/mol. The predicted molar refractivity (Wildman–Crippen MR) is 81.3 cm³/mol. The van der Waals surface area contributed by atoms with Crippen molar-refractivity contribution in [3.63, 3.8) is 0 Å². The molecule has 1 saturated heterocycles. The molecule has 0 unspecified atom stereocenters. The highest BCUT2D eigenvalue weighted by atomic mass is 16.6. The van der Waals surface area contributed by atoms with Gasteiger partial charge in [-0.05, 0) is 38.8 Å². The Morgan fingerprint density at radius 3 is 2.52 bits per heavy atom. The van der Waals surface area contributed by atoms with Gasteiger partial charge in [0.05, 0.1) is 29.3 Å². The lowest BCUT2D eigenvalue weighted by atomic mass is 9.93. The normalized spacial score (nSPS) is 21.5. The van der Waals surface area contributed by atoms with Crippen LogP contribution in [0.25, 0.3) is 0 Å². The molecule has 0 saturated carbocycles. The van der Waals surface area contributed by atoms with Crippen LogP contribution in [0.15, 0.2) is 24.3 Å². The predicted octanol–water partition coefficient (Wildman–Crippen LogP) is 2.00. The van der Waals surface area contributed by atoms with Gasteiger partial charge in [-0.3, -0.25) is 10.1 Å². The minimum Gasteiger partial charge on any atom is -0.410 e. The molecule has 2 N–H and O–H groups in total. The van der Waals surface area contributed by atoms with E-state index in [0.717, 1.165) is 0 Å². The average molecular weight is 324 g/mol. The zero-order chi connectivity index (χ0) is 17.0. The van der Waals surface area contributed by atoms with E-state index in [9.17, 15) is 20.0 Å². The summed E-state index contributed by atoms with van der Waals surface area (Å²) >= 11 is 0. The fourth-order valence-electron chi connectivity index (χ4n) is 2.36. The van der Waals surface area contributed by atoms with Gasteiger partial charge in [0.2, 0.25) is 0 Å². The summed E-state index contributed by atoms with van der Waals surface area (Å²) in [4.78, 5) is 21.8. The summed E-state index contributed by atoms with van der Waals surface area (Å²) in [5, 5.41) is 23.1. The number of nitrogens with zero attached hydrogens (tertiary/aromatic N) is 1. The number of hydrogen-bond donors (Lipinski definition) is 2. The lowest BCUT2D eigenvalue weighted by molar-refractivity contribution is -0.384. The van der Waals surface area contributed by atoms with Crippen LogP contribution in [0.5, 0.6) is 5.75 Å².